The molecule has 3 heteroatoms. The van der Waals surface area contributed by atoms with Crippen molar-refractivity contribution in [3.05, 3.63) is 47.2 Å². The van der Waals surface area contributed by atoms with E-state index in [4.69, 9.17) is 0 Å². The summed E-state index contributed by atoms with van der Waals surface area (Å²) in [6, 6.07) is 8.20. The molecule has 1 aromatic rings. The quantitative estimate of drug-likeness (QED) is 0.706. The largest absolute Gasteiger partial charge is 0.388 e. The van der Waals surface area contributed by atoms with Gasteiger partial charge in [0.1, 0.15) is 0 Å². The molecule has 1 aliphatic carbocycles. The number of benzene rings is 1. The van der Waals surface area contributed by atoms with Gasteiger partial charge in [-0.25, -0.2) is 0 Å². The molecule has 0 saturated carbocycles. The van der Waals surface area contributed by atoms with Crippen LogP contribution >= 0.6 is 0 Å². The van der Waals surface area contributed by atoms with E-state index in [0.29, 0.717) is 0 Å². The summed E-state index contributed by atoms with van der Waals surface area (Å²) >= 11 is 0. The summed E-state index contributed by atoms with van der Waals surface area (Å²) < 4.78 is 0. The summed E-state index contributed by atoms with van der Waals surface area (Å²) in [5, 5.41) is 3.10. The van der Waals surface area contributed by atoms with E-state index < -0.39 is 0 Å². The van der Waals surface area contributed by atoms with Crippen molar-refractivity contribution in [3.8, 4) is 0 Å². The van der Waals surface area contributed by atoms with Crippen molar-refractivity contribution in [2.75, 3.05) is 17.8 Å². The van der Waals surface area contributed by atoms with E-state index in [1.54, 1.807) is 0 Å². The Labute approximate surface area is 109 Å². The third-order valence-corrected chi connectivity index (χ3v) is 3.37. The van der Waals surface area contributed by atoms with Gasteiger partial charge in [0.2, 0.25) is 0 Å². The number of hydrogen-bond donors (Lipinski definition) is 3. The minimum Gasteiger partial charge on any atom is -0.388 e. The Kier molecular flexibility index (Phi) is 3.92. The minimum absolute atomic E-state index is 1.07. The second kappa shape index (κ2) is 5.63. The molecular formula is C15H21N3. The molecule has 0 saturated heterocycles. The Morgan fingerprint density at radius 2 is 1.56 bits per heavy atom. The molecule has 0 unspecified atom stereocenters. The average Bonchev–Trinajstić information content (AvgIpc) is 2.41. The van der Waals surface area contributed by atoms with E-state index in [1.807, 2.05) is 7.05 Å². The molecule has 0 bridgehead atoms. The Morgan fingerprint density at radius 3 is 2.17 bits per heavy atom. The van der Waals surface area contributed by atoms with Gasteiger partial charge < -0.3 is 16.2 Å². The number of anilines is 2. The lowest BCUT2D eigenvalue weighted by atomic mass is 9.98. The molecular weight excluding hydrogens is 222 g/mol. The molecule has 0 fully saturated rings. The van der Waals surface area contributed by atoms with Gasteiger partial charge in [0.25, 0.3) is 0 Å². The fourth-order valence-electron chi connectivity index (χ4n) is 1.95. The van der Waals surface area contributed by atoms with Crippen LogP contribution in [0.4, 0.5) is 11.4 Å². The highest BCUT2D eigenvalue weighted by atomic mass is 15.4. The SMILES string of the molecule is CNc1ccc(NNC2=CC(C)=C(C)CC2)cc1. The Hall–Kier alpha value is -1.90. The highest BCUT2D eigenvalue weighted by molar-refractivity contribution is 5.53. The highest BCUT2D eigenvalue weighted by Gasteiger charge is 2.06. The van der Waals surface area contributed by atoms with Crippen LogP contribution in [0.15, 0.2) is 47.2 Å². The van der Waals surface area contributed by atoms with Gasteiger partial charge in [0, 0.05) is 18.4 Å². The molecule has 1 aromatic carbocycles. The lowest BCUT2D eigenvalue weighted by Gasteiger charge is -2.18. The van der Waals surface area contributed by atoms with Crippen molar-refractivity contribution in [3.63, 3.8) is 0 Å². The van der Waals surface area contributed by atoms with E-state index in [9.17, 15) is 0 Å². The van der Waals surface area contributed by atoms with Crippen LogP contribution in [0.2, 0.25) is 0 Å². The van der Waals surface area contributed by atoms with Crippen LogP contribution in [-0.2, 0) is 0 Å². The highest BCUT2D eigenvalue weighted by Crippen LogP contribution is 2.21. The van der Waals surface area contributed by atoms with Crippen LogP contribution < -0.4 is 16.2 Å². The predicted octanol–water partition coefficient (Wildman–Crippen LogP) is 3.66. The molecule has 96 valence electrons. The lowest BCUT2D eigenvalue weighted by Crippen LogP contribution is -2.22. The van der Waals surface area contributed by atoms with Crippen LogP contribution in [0.3, 0.4) is 0 Å². The maximum absolute atomic E-state index is 3.28. The summed E-state index contributed by atoms with van der Waals surface area (Å²) in [7, 11) is 1.92. The van der Waals surface area contributed by atoms with Crippen molar-refractivity contribution < 1.29 is 0 Å². The summed E-state index contributed by atoms with van der Waals surface area (Å²) in [4.78, 5) is 0. The molecule has 18 heavy (non-hydrogen) atoms. The smallest absolute Gasteiger partial charge is 0.0541 e. The molecule has 0 spiro atoms. The van der Waals surface area contributed by atoms with Gasteiger partial charge in [-0.1, -0.05) is 11.1 Å². The molecule has 0 atom stereocenters. The van der Waals surface area contributed by atoms with Crippen LogP contribution in [-0.4, -0.2) is 7.05 Å². The Balaban J connectivity index is 1.93. The lowest BCUT2D eigenvalue weighted by molar-refractivity contribution is 0.795. The zero-order valence-electron chi connectivity index (χ0n) is 11.3. The van der Waals surface area contributed by atoms with Crippen molar-refractivity contribution in [1.29, 1.82) is 0 Å². The van der Waals surface area contributed by atoms with Gasteiger partial charge in [-0.15, -0.1) is 0 Å². The molecule has 0 radical (unpaired) electrons. The minimum atomic E-state index is 1.07. The second-order valence-electron chi connectivity index (χ2n) is 4.71. The van der Waals surface area contributed by atoms with Gasteiger partial charge in [0.05, 0.1) is 5.69 Å². The molecule has 0 aliphatic heterocycles. The first-order valence-electron chi connectivity index (χ1n) is 6.36. The van der Waals surface area contributed by atoms with Crippen LogP contribution in [0, 0.1) is 0 Å². The second-order valence-corrected chi connectivity index (χ2v) is 4.71. The summed E-state index contributed by atoms with van der Waals surface area (Å²) in [5.41, 5.74) is 12.8. The summed E-state index contributed by atoms with van der Waals surface area (Å²) in [6.45, 7) is 4.37. The molecule has 0 aromatic heterocycles. The van der Waals surface area contributed by atoms with Gasteiger partial charge in [-0.05, 0) is 57.0 Å². The first-order chi connectivity index (χ1) is 8.69. The molecule has 0 heterocycles. The normalized spacial score (nSPS) is 15.2. The summed E-state index contributed by atoms with van der Waals surface area (Å²) in [5.74, 6) is 0. The first kappa shape index (κ1) is 12.6. The Morgan fingerprint density at radius 1 is 0.889 bits per heavy atom. The van der Waals surface area contributed by atoms with Crippen molar-refractivity contribution in [1.82, 2.24) is 5.43 Å². The van der Waals surface area contributed by atoms with Gasteiger partial charge in [-0.3, -0.25) is 0 Å². The fourth-order valence-corrected chi connectivity index (χ4v) is 1.95. The Bertz CT molecular complexity index is 469. The van der Waals surface area contributed by atoms with Gasteiger partial charge in [0.15, 0.2) is 0 Å². The monoisotopic (exact) mass is 243 g/mol. The third kappa shape index (κ3) is 3.06. The molecule has 2 rings (SSSR count). The van der Waals surface area contributed by atoms with Crippen LogP contribution in [0.5, 0.6) is 0 Å². The molecule has 3 N–H and O–H groups in total. The number of allylic oxidation sites excluding steroid dienone is 4. The van der Waals surface area contributed by atoms with E-state index in [0.717, 1.165) is 24.2 Å². The number of rotatable bonds is 4. The first-order valence-corrected chi connectivity index (χ1v) is 6.36. The van der Waals surface area contributed by atoms with Gasteiger partial charge in [-0.2, -0.15) is 0 Å². The molecule has 3 nitrogen and oxygen atoms in total. The maximum atomic E-state index is 3.28. The number of hydrogen-bond acceptors (Lipinski definition) is 3. The standard InChI is InChI=1S/C15H21N3/c1-11-4-5-15(10-12(11)2)18-17-14-8-6-13(16-3)7-9-14/h6-10,16-18H,4-5H2,1-3H3. The number of hydrazine groups is 1. The van der Waals surface area contributed by atoms with Crippen LogP contribution in [0.25, 0.3) is 0 Å². The fraction of sp³-hybridized carbons (Fsp3) is 0.333. The van der Waals surface area contributed by atoms with E-state index in [1.165, 1.54) is 16.8 Å². The average molecular weight is 243 g/mol. The number of nitrogens with one attached hydrogen (secondary N) is 3. The van der Waals surface area contributed by atoms with E-state index in [2.05, 4.69) is 60.4 Å². The van der Waals surface area contributed by atoms with E-state index >= 15 is 0 Å². The topological polar surface area (TPSA) is 36.1 Å². The molecule has 1 aliphatic rings. The van der Waals surface area contributed by atoms with Crippen molar-refractivity contribution in [2.45, 2.75) is 26.7 Å². The third-order valence-electron chi connectivity index (χ3n) is 3.37. The zero-order valence-corrected chi connectivity index (χ0v) is 11.3. The molecule has 0 amide bonds. The van der Waals surface area contributed by atoms with Crippen molar-refractivity contribution >= 4 is 11.4 Å². The maximum Gasteiger partial charge on any atom is 0.0541 e. The van der Waals surface area contributed by atoms with Crippen molar-refractivity contribution in [2.24, 2.45) is 0 Å². The summed E-state index contributed by atoms with van der Waals surface area (Å²) in [6.07, 6.45) is 4.43. The predicted molar refractivity (Wildman–Crippen MR) is 78.4 cm³/mol. The van der Waals surface area contributed by atoms with Gasteiger partial charge >= 0.3 is 0 Å². The van der Waals surface area contributed by atoms with Crippen LogP contribution in [0.1, 0.15) is 26.7 Å². The van der Waals surface area contributed by atoms with E-state index in [-0.39, 0.29) is 0 Å². The zero-order chi connectivity index (χ0) is 13.0.